The molecule has 1 saturated heterocycles. The van der Waals surface area contributed by atoms with Gasteiger partial charge in [-0.3, -0.25) is 4.79 Å². The van der Waals surface area contributed by atoms with Crippen LogP contribution in [-0.4, -0.2) is 38.4 Å². The van der Waals surface area contributed by atoms with Gasteiger partial charge in [0.1, 0.15) is 0 Å². The molecule has 1 heterocycles. The van der Waals surface area contributed by atoms with Gasteiger partial charge in [-0.15, -0.1) is 0 Å². The van der Waals surface area contributed by atoms with Crippen molar-refractivity contribution >= 4 is 33.4 Å². The number of sulfonamides is 1. The van der Waals surface area contributed by atoms with Crippen molar-refractivity contribution in [2.24, 2.45) is 5.14 Å². The van der Waals surface area contributed by atoms with Crippen molar-refractivity contribution < 1.29 is 13.2 Å². The van der Waals surface area contributed by atoms with Gasteiger partial charge in [0.15, 0.2) is 0 Å². The van der Waals surface area contributed by atoms with Crippen LogP contribution in [0.2, 0.25) is 0 Å². The standard InChI is InChI=1S/C13H19N3O3S2/c1-9-2-3-10(6-12(9)21(14,18)19)16-13(17)7-11-8-20-5-4-15-11/h2-3,6,11,15H,4-5,7-8H2,1H3,(H,16,17)(H2,14,18,19). The van der Waals surface area contributed by atoms with E-state index in [-0.39, 0.29) is 16.8 Å². The van der Waals surface area contributed by atoms with Gasteiger partial charge in [0.25, 0.3) is 0 Å². The number of carbonyl (C=O) groups excluding carboxylic acids is 1. The van der Waals surface area contributed by atoms with E-state index in [0.29, 0.717) is 17.7 Å². The van der Waals surface area contributed by atoms with Crippen molar-refractivity contribution in [3.63, 3.8) is 0 Å². The number of amides is 1. The maximum absolute atomic E-state index is 12.0. The van der Waals surface area contributed by atoms with E-state index >= 15 is 0 Å². The molecule has 1 aliphatic rings. The zero-order chi connectivity index (χ0) is 15.5. The van der Waals surface area contributed by atoms with E-state index < -0.39 is 10.0 Å². The lowest BCUT2D eigenvalue weighted by atomic mass is 10.2. The van der Waals surface area contributed by atoms with E-state index in [1.807, 2.05) is 11.8 Å². The van der Waals surface area contributed by atoms with Crippen LogP contribution in [0.4, 0.5) is 5.69 Å². The largest absolute Gasteiger partial charge is 0.326 e. The summed E-state index contributed by atoms with van der Waals surface area (Å²) in [5, 5.41) is 11.2. The molecule has 6 nitrogen and oxygen atoms in total. The number of carbonyl (C=O) groups is 1. The van der Waals surface area contributed by atoms with Gasteiger partial charge in [0.2, 0.25) is 15.9 Å². The van der Waals surface area contributed by atoms with Crippen LogP contribution < -0.4 is 15.8 Å². The number of thioether (sulfide) groups is 1. The molecule has 0 saturated carbocycles. The first kappa shape index (κ1) is 16.3. The van der Waals surface area contributed by atoms with Gasteiger partial charge >= 0.3 is 0 Å². The van der Waals surface area contributed by atoms with E-state index in [2.05, 4.69) is 10.6 Å². The highest BCUT2D eigenvalue weighted by atomic mass is 32.2. The summed E-state index contributed by atoms with van der Waals surface area (Å²) >= 11 is 1.82. The number of aryl methyl sites for hydroxylation is 1. The van der Waals surface area contributed by atoms with Gasteiger partial charge in [0.05, 0.1) is 4.90 Å². The summed E-state index contributed by atoms with van der Waals surface area (Å²) in [5.41, 5.74) is 0.999. The third-order valence-corrected chi connectivity index (χ3v) is 5.39. The van der Waals surface area contributed by atoms with Crippen molar-refractivity contribution in [3.05, 3.63) is 23.8 Å². The summed E-state index contributed by atoms with van der Waals surface area (Å²) in [4.78, 5) is 12.0. The quantitative estimate of drug-likeness (QED) is 0.754. The minimum absolute atomic E-state index is 0.0339. The second kappa shape index (κ2) is 6.78. The number of nitrogens with one attached hydrogen (secondary N) is 2. The maximum atomic E-state index is 12.0. The second-order valence-corrected chi connectivity index (χ2v) is 7.68. The van der Waals surface area contributed by atoms with Gasteiger partial charge in [-0.1, -0.05) is 6.07 Å². The average Bonchev–Trinajstić information content (AvgIpc) is 2.41. The Morgan fingerprint density at radius 2 is 2.29 bits per heavy atom. The van der Waals surface area contributed by atoms with Gasteiger partial charge in [-0.2, -0.15) is 11.8 Å². The number of benzene rings is 1. The molecule has 1 aliphatic heterocycles. The molecule has 8 heteroatoms. The highest BCUT2D eigenvalue weighted by molar-refractivity contribution is 7.99. The molecule has 1 atom stereocenters. The molecular formula is C13H19N3O3S2. The monoisotopic (exact) mass is 329 g/mol. The summed E-state index contributed by atoms with van der Waals surface area (Å²) in [6.07, 6.45) is 0.367. The van der Waals surface area contributed by atoms with E-state index in [4.69, 9.17) is 5.14 Å². The first-order valence-corrected chi connectivity index (χ1v) is 9.31. The first-order valence-electron chi connectivity index (χ1n) is 6.60. The van der Waals surface area contributed by atoms with E-state index in [0.717, 1.165) is 18.1 Å². The Hall–Kier alpha value is -1.09. The highest BCUT2D eigenvalue weighted by Gasteiger charge is 2.18. The topological polar surface area (TPSA) is 101 Å². The number of primary sulfonamides is 1. The van der Waals surface area contributed by atoms with Crippen LogP contribution in [0.1, 0.15) is 12.0 Å². The molecule has 0 bridgehead atoms. The summed E-state index contributed by atoms with van der Waals surface area (Å²) in [7, 11) is -3.79. The lowest BCUT2D eigenvalue weighted by Gasteiger charge is -2.22. The lowest BCUT2D eigenvalue weighted by Crippen LogP contribution is -2.39. The zero-order valence-electron chi connectivity index (χ0n) is 11.8. The SMILES string of the molecule is Cc1ccc(NC(=O)CC2CSCCN2)cc1S(N)(=O)=O. The number of nitrogens with two attached hydrogens (primary N) is 1. The van der Waals surface area contributed by atoms with E-state index in [9.17, 15) is 13.2 Å². The predicted molar refractivity (Wildman–Crippen MR) is 84.9 cm³/mol. The number of hydrogen-bond acceptors (Lipinski definition) is 5. The van der Waals surface area contributed by atoms with Crippen LogP contribution in [0.25, 0.3) is 0 Å². The van der Waals surface area contributed by atoms with Crippen molar-refractivity contribution in [3.8, 4) is 0 Å². The Morgan fingerprint density at radius 3 is 2.90 bits per heavy atom. The molecule has 1 aromatic rings. The Kier molecular flexibility index (Phi) is 5.26. The minimum atomic E-state index is -3.79. The van der Waals surface area contributed by atoms with Crippen molar-refractivity contribution in [1.82, 2.24) is 5.32 Å². The summed E-state index contributed by atoms with van der Waals surface area (Å²) in [5.74, 6) is 1.83. The molecule has 0 spiro atoms. The van der Waals surface area contributed by atoms with Crippen LogP contribution in [-0.2, 0) is 14.8 Å². The Balaban J connectivity index is 2.04. The maximum Gasteiger partial charge on any atom is 0.238 e. The zero-order valence-corrected chi connectivity index (χ0v) is 13.4. The molecule has 2 rings (SSSR count). The smallest absolute Gasteiger partial charge is 0.238 e. The molecule has 21 heavy (non-hydrogen) atoms. The third kappa shape index (κ3) is 4.70. The Bertz CT molecular complexity index is 626. The lowest BCUT2D eigenvalue weighted by molar-refractivity contribution is -0.116. The minimum Gasteiger partial charge on any atom is -0.326 e. The van der Waals surface area contributed by atoms with Crippen LogP contribution in [0.15, 0.2) is 23.1 Å². The van der Waals surface area contributed by atoms with Gasteiger partial charge in [0, 0.05) is 36.2 Å². The van der Waals surface area contributed by atoms with Crippen LogP contribution >= 0.6 is 11.8 Å². The third-order valence-electron chi connectivity index (χ3n) is 3.21. The number of rotatable bonds is 4. The molecule has 1 aromatic carbocycles. The van der Waals surface area contributed by atoms with Crippen LogP contribution in [0, 0.1) is 6.92 Å². The highest BCUT2D eigenvalue weighted by Crippen LogP contribution is 2.19. The summed E-state index contributed by atoms with van der Waals surface area (Å²) in [6, 6.07) is 4.85. The molecular weight excluding hydrogens is 310 g/mol. The fourth-order valence-electron chi connectivity index (χ4n) is 2.17. The van der Waals surface area contributed by atoms with Crippen molar-refractivity contribution in [2.75, 3.05) is 23.4 Å². The molecule has 0 aliphatic carbocycles. The molecule has 4 N–H and O–H groups in total. The normalized spacial score (nSPS) is 19.2. The van der Waals surface area contributed by atoms with E-state index in [1.165, 1.54) is 6.07 Å². The van der Waals surface area contributed by atoms with Gasteiger partial charge in [-0.25, -0.2) is 13.6 Å². The number of hydrogen-bond donors (Lipinski definition) is 3. The molecule has 1 unspecified atom stereocenters. The molecule has 0 radical (unpaired) electrons. The van der Waals surface area contributed by atoms with Crippen LogP contribution in [0.3, 0.4) is 0 Å². The first-order chi connectivity index (χ1) is 9.86. The fourth-order valence-corrected chi connectivity index (χ4v) is 3.93. The molecule has 0 aromatic heterocycles. The fraction of sp³-hybridized carbons (Fsp3) is 0.462. The van der Waals surface area contributed by atoms with Crippen molar-refractivity contribution in [2.45, 2.75) is 24.3 Å². The second-order valence-electron chi connectivity index (χ2n) is 5.00. The molecule has 116 valence electrons. The average molecular weight is 329 g/mol. The summed E-state index contributed by atoms with van der Waals surface area (Å²) in [6.45, 7) is 2.57. The van der Waals surface area contributed by atoms with E-state index in [1.54, 1.807) is 19.1 Å². The predicted octanol–water partition coefficient (Wildman–Crippen LogP) is 0.676. The Labute approximate surface area is 128 Å². The van der Waals surface area contributed by atoms with Gasteiger partial charge in [-0.05, 0) is 24.6 Å². The van der Waals surface area contributed by atoms with Gasteiger partial charge < -0.3 is 10.6 Å². The van der Waals surface area contributed by atoms with Crippen LogP contribution in [0.5, 0.6) is 0 Å². The molecule has 1 amide bonds. The Morgan fingerprint density at radius 1 is 1.52 bits per heavy atom. The number of anilines is 1. The van der Waals surface area contributed by atoms with Crippen molar-refractivity contribution in [1.29, 1.82) is 0 Å². The summed E-state index contributed by atoms with van der Waals surface area (Å²) < 4.78 is 22.9. The molecule has 1 fully saturated rings.